The zero-order valence-corrected chi connectivity index (χ0v) is 42.4. The lowest BCUT2D eigenvalue weighted by Gasteiger charge is -2.42. The second kappa shape index (κ2) is 22.8. The highest BCUT2D eigenvalue weighted by Crippen LogP contribution is 2.37. The van der Waals surface area contributed by atoms with Gasteiger partial charge < -0.3 is 38.5 Å². The van der Waals surface area contributed by atoms with E-state index in [1.54, 1.807) is 7.11 Å². The topological polar surface area (TPSA) is 184 Å². The standard InChI is InChI=1S/C57H68N8O8/c1-4-48-9-5-7-22-64(48)50-17-15-43(57-59-54(60-73-57)40-13-11-38-19-24-62(26-21-52(66)67)31-44(38)27-40)30-47(50)36-71-34-37(2)49-10-6-8-23-65(49)51-18-16-42(29-46(51)35-70-3)56-58-55(61-72-56)41-14-12-39-20-25-63(33-53(68)69)32-45(39)28-41/h11-18,27-30,37,48-49H,4-10,19-26,31-36H2,1-3H3,(H,66,67)(H,68,69). The van der Waals surface area contributed by atoms with E-state index in [0.717, 1.165) is 116 Å². The van der Waals surface area contributed by atoms with Crippen LogP contribution in [0, 0.1) is 5.92 Å². The fourth-order valence-corrected chi connectivity index (χ4v) is 11.6. The van der Waals surface area contributed by atoms with Crippen molar-refractivity contribution in [1.82, 2.24) is 30.1 Å². The quantitative estimate of drug-likeness (QED) is 0.0781. The Labute approximate surface area is 427 Å². The number of carboxylic acids is 2. The number of rotatable bonds is 19. The first kappa shape index (κ1) is 50.1. The molecule has 3 unspecified atom stereocenters. The number of carbonyl (C=O) groups is 2. The molecule has 10 rings (SSSR count). The minimum Gasteiger partial charge on any atom is -0.481 e. The monoisotopic (exact) mass is 993 g/mol. The third-order valence-electron chi connectivity index (χ3n) is 15.5. The fraction of sp³-hybridized carbons (Fsp3) is 0.474. The van der Waals surface area contributed by atoms with E-state index in [1.165, 1.54) is 35.2 Å². The molecular formula is C57H68N8O8. The number of hydrogen-bond acceptors (Lipinski definition) is 14. The molecule has 4 aromatic carbocycles. The molecule has 2 aromatic heterocycles. The first-order valence-corrected chi connectivity index (χ1v) is 26.3. The van der Waals surface area contributed by atoms with Crippen LogP contribution < -0.4 is 9.80 Å². The van der Waals surface area contributed by atoms with Crippen LogP contribution >= 0.6 is 0 Å². The van der Waals surface area contributed by atoms with E-state index in [2.05, 4.69) is 106 Å². The van der Waals surface area contributed by atoms with Gasteiger partial charge in [-0.1, -0.05) is 48.4 Å². The van der Waals surface area contributed by atoms with Crippen LogP contribution in [-0.4, -0.2) is 117 Å². The molecule has 4 aliphatic rings. The molecule has 2 fully saturated rings. The summed E-state index contributed by atoms with van der Waals surface area (Å²) in [5.74, 6) is 0.528. The van der Waals surface area contributed by atoms with Crippen molar-refractivity contribution in [3.05, 3.63) is 106 Å². The van der Waals surface area contributed by atoms with Gasteiger partial charge in [0.1, 0.15) is 0 Å². The predicted molar refractivity (Wildman–Crippen MR) is 278 cm³/mol. The Morgan fingerprint density at radius 1 is 0.671 bits per heavy atom. The highest BCUT2D eigenvalue weighted by atomic mass is 16.5. The van der Waals surface area contributed by atoms with Crippen molar-refractivity contribution in [3.63, 3.8) is 0 Å². The number of aliphatic carboxylic acids is 2. The van der Waals surface area contributed by atoms with Crippen molar-refractivity contribution in [3.8, 4) is 45.7 Å². The summed E-state index contributed by atoms with van der Waals surface area (Å²) in [5, 5.41) is 27.4. The minimum atomic E-state index is -0.824. The molecule has 2 N–H and O–H groups in total. The lowest BCUT2D eigenvalue weighted by Crippen LogP contribution is -2.45. The third kappa shape index (κ3) is 11.5. The van der Waals surface area contributed by atoms with Gasteiger partial charge in [-0.2, -0.15) is 9.97 Å². The van der Waals surface area contributed by atoms with Gasteiger partial charge >= 0.3 is 11.9 Å². The van der Waals surface area contributed by atoms with Gasteiger partial charge in [0.25, 0.3) is 11.8 Å². The van der Waals surface area contributed by atoms with Crippen molar-refractivity contribution in [2.45, 2.75) is 116 Å². The molecule has 6 aromatic rings. The van der Waals surface area contributed by atoms with Crippen LogP contribution in [0.4, 0.5) is 11.4 Å². The first-order valence-electron chi connectivity index (χ1n) is 26.3. The van der Waals surface area contributed by atoms with Crippen LogP contribution in [0.5, 0.6) is 0 Å². The van der Waals surface area contributed by atoms with E-state index in [-0.39, 0.29) is 24.9 Å². The van der Waals surface area contributed by atoms with E-state index < -0.39 is 11.9 Å². The van der Waals surface area contributed by atoms with E-state index in [9.17, 15) is 19.8 Å². The van der Waals surface area contributed by atoms with E-state index in [0.29, 0.717) is 68.9 Å². The molecule has 16 nitrogen and oxygen atoms in total. The average molecular weight is 993 g/mol. The van der Waals surface area contributed by atoms with Crippen molar-refractivity contribution < 1.29 is 38.3 Å². The van der Waals surface area contributed by atoms with Crippen molar-refractivity contribution >= 4 is 23.3 Å². The summed E-state index contributed by atoms with van der Waals surface area (Å²) in [4.78, 5) is 41.6. The van der Waals surface area contributed by atoms with Gasteiger partial charge in [0.15, 0.2) is 0 Å². The van der Waals surface area contributed by atoms with E-state index in [1.807, 2.05) is 11.0 Å². The Kier molecular flexibility index (Phi) is 15.6. The first-order chi connectivity index (χ1) is 35.6. The maximum atomic E-state index is 11.4. The largest absolute Gasteiger partial charge is 0.481 e. The number of nitrogens with zero attached hydrogens (tertiary/aromatic N) is 8. The molecule has 6 heterocycles. The minimum absolute atomic E-state index is 0.0155. The summed E-state index contributed by atoms with van der Waals surface area (Å²) >= 11 is 0. The third-order valence-corrected chi connectivity index (χ3v) is 15.5. The van der Waals surface area contributed by atoms with Gasteiger partial charge in [-0.25, -0.2) is 0 Å². The Hall–Kier alpha value is -6.46. The molecule has 0 radical (unpaired) electrons. The maximum absolute atomic E-state index is 11.4. The number of hydrogen-bond donors (Lipinski definition) is 2. The molecule has 0 amide bonds. The molecule has 2 saturated heterocycles. The predicted octanol–water partition coefficient (Wildman–Crippen LogP) is 9.52. The van der Waals surface area contributed by atoms with E-state index in [4.69, 9.17) is 28.5 Å². The van der Waals surface area contributed by atoms with Gasteiger partial charge in [0.2, 0.25) is 11.6 Å². The van der Waals surface area contributed by atoms with Crippen LogP contribution in [0.3, 0.4) is 0 Å². The Bertz CT molecular complexity index is 2900. The molecule has 3 atom stereocenters. The number of methoxy groups -OCH3 is 1. The zero-order chi connectivity index (χ0) is 50.4. The summed E-state index contributed by atoms with van der Waals surface area (Å²) in [6, 6.07) is 26.0. The van der Waals surface area contributed by atoms with Crippen LogP contribution in [0.1, 0.15) is 98.6 Å². The molecule has 384 valence electrons. The summed E-state index contributed by atoms with van der Waals surface area (Å²) in [6.07, 6.45) is 9.77. The summed E-state index contributed by atoms with van der Waals surface area (Å²) in [5.41, 5.74) is 12.6. The number of fused-ring (bicyclic) bond motifs is 2. The second-order valence-corrected chi connectivity index (χ2v) is 20.5. The lowest BCUT2D eigenvalue weighted by molar-refractivity contribution is -0.139. The number of piperidine rings is 2. The van der Waals surface area contributed by atoms with E-state index >= 15 is 0 Å². The molecule has 0 spiro atoms. The molecule has 0 aliphatic carbocycles. The lowest BCUT2D eigenvalue weighted by atomic mass is 9.90. The highest BCUT2D eigenvalue weighted by molar-refractivity contribution is 5.70. The van der Waals surface area contributed by atoms with Crippen LogP contribution in [0.15, 0.2) is 81.8 Å². The van der Waals surface area contributed by atoms with Crippen molar-refractivity contribution in [2.24, 2.45) is 5.92 Å². The van der Waals surface area contributed by atoms with Gasteiger partial charge in [-0.05, 0) is 134 Å². The van der Waals surface area contributed by atoms with Gasteiger partial charge in [-0.3, -0.25) is 19.4 Å². The fourth-order valence-electron chi connectivity index (χ4n) is 11.6. The van der Waals surface area contributed by atoms with Crippen LogP contribution in [0.2, 0.25) is 0 Å². The SMILES string of the molecule is CCC1CCCCN1c1ccc(-c2nc(-c3ccc4c(c3)CN(CCC(=O)O)CC4)no2)cc1COCC(C)C1CCCCN1c1ccc(-c2nc(-c3ccc4c(c3)CN(CC(=O)O)CC4)no2)cc1COC. The Morgan fingerprint density at radius 2 is 1.25 bits per heavy atom. The zero-order valence-electron chi connectivity index (χ0n) is 42.4. The Balaban J connectivity index is 0.840. The van der Waals surface area contributed by atoms with Gasteiger partial charge in [0.05, 0.1) is 32.8 Å². The second-order valence-electron chi connectivity index (χ2n) is 20.5. The number of aromatic nitrogens is 4. The van der Waals surface area contributed by atoms with Gasteiger partial charge in [0, 0.05) is 110 Å². The van der Waals surface area contributed by atoms with Crippen molar-refractivity contribution in [2.75, 3.05) is 62.8 Å². The number of ether oxygens (including phenoxy) is 2. The van der Waals surface area contributed by atoms with Crippen LogP contribution in [0.25, 0.3) is 45.7 Å². The molecule has 0 saturated carbocycles. The molecule has 4 aliphatic heterocycles. The molecular weight excluding hydrogens is 925 g/mol. The molecule has 0 bridgehead atoms. The number of benzene rings is 4. The molecule has 73 heavy (non-hydrogen) atoms. The smallest absolute Gasteiger partial charge is 0.317 e. The Morgan fingerprint density at radius 3 is 1.86 bits per heavy atom. The number of anilines is 2. The summed E-state index contributed by atoms with van der Waals surface area (Å²) < 4.78 is 24.4. The molecule has 16 heteroatoms. The van der Waals surface area contributed by atoms with Crippen LogP contribution in [-0.2, 0) is 58.2 Å². The summed E-state index contributed by atoms with van der Waals surface area (Å²) in [7, 11) is 1.73. The highest BCUT2D eigenvalue weighted by Gasteiger charge is 2.31. The van der Waals surface area contributed by atoms with Gasteiger partial charge in [-0.15, -0.1) is 0 Å². The maximum Gasteiger partial charge on any atom is 0.317 e. The normalized spacial score (nSPS) is 18.9. The van der Waals surface area contributed by atoms with Crippen molar-refractivity contribution in [1.29, 1.82) is 0 Å². The summed E-state index contributed by atoms with van der Waals surface area (Å²) in [6.45, 7) is 11.4. The number of carboxylic acid groups (broad SMARTS) is 2. The average Bonchev–Trinajstić information content (AvgIpc) is 4.12.